The fourth-order valence-electron chi connectivity index (χ4n) is 2.60. The maximum absolute atomic E-state index is 12.6. The third kappa shape index (κ3) is 4.47. The topological polar surface area (TPSA) is 107 Å². The molecule has 1 heterocycles. The number of carbonyl (C=O) groups excluding carboxylic acids is 3. The van der Waals surface area contributed by atoms with Gasteiger partial charge in [0.25, 0.3) is 11.1 Å². The standard InChI is InChI=1S/C19H13ClN2O6S/c1-28-16-7-2-11(8-14(16)22(26)27)9-17-18(24)21(19(25)29-17)10-15(23)12-3-5-13(20)6-4-12/h2-9H,10H2,1H3/b17-9+. The van der Waals surface area contributed by atoms with Crippen molar-refractivity contribution in [2.24, 2.45) is 0 Å². The van der Waals surface area contributed by atoms with Crippen LogP contribution in [0.2, 0.25) is 5.02 Å². The van der Waals surface area contributed by atoms with Crippen molar-refractivity contribution in [2.45, 2.75) is 0 Å². The zero-order valence-electron chi connectivity index (χ0n) is 15.0. The lowest BCUT2D eigenvalue weighted by Gasteiger charge is -2.11. The number of carbonyl (C=O) groups is 3. The number of imide groups is 1. The quantitative estimate of drug-likeness (QED) is 0.291. The second kappa shape index (κ2) is 8.46. The molecule has 0 atom stereocenters. The van der Waals surface area contributed by atoms with E-state index in [1.54, 1.807) is 12.1 Å². The highest BCUT2D eigenvalue weighted by molar-refractivity contribution is 8.18. The molecule has 3 rings (SSSR count). The van der Waals surface area contributed by atoms with Crippen LogP contribution in [-0.4, -0.2) is 40.4 Å². The number of Topliss-reactive ketones (excluding diaryl/α,β-unsaturated/α-hetero) is 1. The van der Waals surface area contributed by atoms with Gasteiger partial charge in [0.2, 0.25) is 0 Å². The number of hydrogen-bond donors (Lipinski definition) is 0. The number of nitro groups is 1. The number of amides is 2. The van der Waals surface area contributed by atoms with E-state index in [-0.39, 0.29) is 16.3 Å². The van der Waals surface area contributed by atoms with Crippen molar-refractivity contribution < 1.29 is 24.0 Å². The summed E-state index contributed by atoms with van der Waals surface area (Å²) in [6.07, 6.45) is 1.37. The van der Waals surface area contributed by atoms with Gasteiger partial charge in [0, 0.05) is 16.7 Å². The van der Waals surface area contributed by atoms with E-state index in [0.717, 1.165) is 4.90 Å². The lowest BCUT2D eigenvalue weighted by atomic mass is 10.1. The molecule has 8 nitrogen and oxygen atoms in total. The van der Waals surface area contributed by atoms with E-state index < -0.39 is 28.4 Å². The van der Waals surface area contributed by atoms with Crippen molar-refractivity contribution in [3.63, 3.8) is 0 Å². The normalized spacial score (nSPS) is 15.1. The minimum atomic E-state index is -0.638. The van der Waals surface area contributed by atoms with Gasteiger partial charge in [-0.05, 0) is 53.7 Å². The number of nitrogens with zero attached hydrogens (tertiary/aromatic N) is 2. The molecule has 1 aliphatic rings. The summed E-state index contributed by atoms with van der Waals surface area (Å²) < 4.78 is 4.94. The number of nitro benzene ring substituents is 1. The summed E-state index contributed by atoms with van der Waals surface area (Å²) >= 11 is 6.45. The van der Waals surface area contributed by atoms with Gasteiger partial charge in [0.1, 0.15) is 0 Å². The van der Waals surface area contributed by atoms with Gasteiger partial charge in [-0.2, -0.15) is 0 Å². The Kier molecular flexibility index (Phi) is 6.00. The Hall–Kier alpha value is -3.17. The summed E-state index contributed by atoms with van der Waals surface area (Å²) in [7, 11) is 1.31. The molecule has 2 aromatic rings. The molecule has 29 heavy (non-hydrogen) atoms. The van der Waals surface area contributed by atoms with Crippen LogP contribution in [0.1, 0.15) is 15.9 Å². The number of ether oxygens (including phenoxy) is 1. The maximum atomic E-state index is 12.6. The monoisotopic (exact) mass is 432 g/mol. The average molecular weight is 433 g/mol. The fourth-order valence-corrected chi connectivity index (χ4v) is 3.56. The largest absolute Gasteiger partial charge is 0.490 e. The van der Waals surface area contributed by atoms with Crippen molar-refractivity contribution >= 4 is 52.1 Å². The highest BCUT2D eigenvalue weighted by atomic mass is 35.5. The van der Waals surface area contributed by atoms with Crippen molar-refractivity contribution in [2.75, 3.05) is 13.7 Å². The first-order valence-electron chi connectivity index (χ1n) is 8.16. The fraction of sp³-hybridized carbons (Fsp3) is 0.105. The minimum Gasteiger partial charge on any atom is -0.490 e. The molecule has 1 fully saturated rings. The molecular formula is C19H13ClN2O6S. The highest BCUT2D eigenvalue weighted by Gasteiger charge is 2.36. The predicted octanol–water partition coefficient (Wildman–Crippen LogP) is 4.18. The highest BCUT2D eigenvalue weighted by Crippen LogP contribution is 2.34. The number of ketones is 1. The van der Waals surface area contributed by atoms with Gasteiger partial charge in [-0.15, -0.1) is 0 Å². The lowest BCUT2D eigenvalue weighted by molar-refractivity contribution is -0.385. The number of thioether (sulfide) groups is 1. The van der Waals surface area contributed by atoms with Crippen LogP contribution in [-0.2, 0) is 4.79 Å². The Morgan fingerprint density at radius 3 is 2.55 bits per heavy atom. The number of hydrogen-bond acceptors (Lipinski definition) is 7. The molecule has 148 valence electrons. The zero-order chi connectivity index (χ0) is 21.1. The first kappa shape index (κ1) is 20.6. The van der Waals surface area contributed by atoms with Crippen LogP contribution in [0.25, 0.3) is 6.08 Å². The summed E-state index contributed by atoms with van der Waals surface area (Å²) in [5.74, 6) is -0.972. The first-order valence-corrected chi connectivity index (χ1v) is 9.36. The Morgan fingerprint density at radius 1 is 1.24 bits per heavy atom. The van der Waals surface area contributed by atoms with Crippen molar-refractivity contribution in [1.82, 2.24) is 4.90 Å². The van der Waals surface area contributed by atoms with Crippen LogP contribution in [0.4, 0.5) is 10.5 Å². The number of halogens is 1. The van der Waals surface area contributed by atoms with Gasteiger partial charge in [0.05, 0.1) is 23.5 Å². The van der Waals surface area contributed by atoms with E-state index >= 15 is 0 Å². The number of methoxy groups -OCH3 is 1. The van der Waals surface area contributed by atoms with Gasteiger partial charge >= 0.3 is 5.69 Å². The first-order chi connectivity index (χ1) is 13.8. The molecule has 2 aromatic carbocycles. The molecule has 0 saturated carbocycles. The average Bonchev–Trinajstić information content (AvgIpc) is 2.95. The van der Waals surface area contributed by atoms with E-state index in [1.165, 1.54) is 43.5 Å². The van der Waals surface area contributed by atoms with Gasteiger partial charge < -0.3 is 4.74 Å². The summed E-state index contributed by atoms with van der Waals surface area (Å²) in [6.45, 7) is -0.410. The molecule has 0 radical (unpaired) electrons. The number of benzene rings is 2. The third-order valence-electron chi connectivity index (χ3n) is 4.04. The van der Waals surface area contributed by atoms with E-state index in [2.05, 4.69) is 0 Å². The molecule has 0 spiro atoms. The minimum absolute atomic E-state index is 0.0679. The third-order valence-corrected chi connectivity index (χ3v) is 5.20. The SMILES string of the molecule is COc1ccc(/C=C2/SC(=O)N(CC(=O)c3ccc(Cl)cc3)C2=O)cc1[N+](=O)[O-]. The predicted molar refractivity (Wildman–Crippen MR) is 108 cm³/mol. The summed E-state index contributed by atoms with van der Waals surface area (Å²) in [4.78, 5) is 48.6. The Morgan fingerprint density at radius 2 is 1.93 bits per heavy atom. The van der Waals surface area contributed by atoms with Gasteiger partial charge in [-0.3, -0.25) is 29.4 Å². The molecule has 0 N–H and O–H groups in total. The van der Waals surface area contributed by atoms with Gasteiger partial charge in [-0.25, -0.2) is 0 Å². The van der Waals surface area contributed by atoms with Crippen molar-refractivity contribution in [3.8, 4) is 5.75 Å². The molecule has 0 unspecified atom stereocenters. The van der Waals surface area contributed by atoms with Crippen molar-refractivity contribution in [1.29, 1.82) is 0 Å². The molecule has 1 aliphatic heterocycles. The molecule has 0 aromatic heterocycles. The smallest absolute Gasteiger partial charge is 0.311 e. The van der Waals surface area contributed by atoms with E-state index in [9.17, 15) is 24.5 Å². The lowest BCUT2D eigenvalue weighted by Crippen LogP contribution is -2.33. The summed E-state index contributed by atoms with van der Waals surface area (Å²) in [5, 5.41) is 11.0. The Balaban J connectivity index is 1.81. The van der Waals surface area contributed by atoms with Crippen LogP contribution in [0.5, 0.6) is 5.75 Å². The van der Waals surface area contributed by atoms with Crippen LogP contribution in [0.3, 0.4) is 0 Å². The second-order valence-corrected chi connectivity index (χ2v) is 7.32. The van der Waals surface area contributed by atoms with E-state index in [1.807, 2.05) is 0 Å². The van der Waals surface area contributed by atoms with Crippen LogP contribution < -0.4 is 4.74 Å². The molecular weight excluding hydrogens is 420 g/mol. The molecule has 0 aliphatic carbocycles. The van der Waals surface area contributed by atoms with E-state index in [0.29, 0.717) is 27.9 Å². The molecule has 10 heteroatoms. The number of rotatable bonds is 6. The van der Waals surface area contributed by atoms with E-state index in [4.69, 9.17) is 16.3 Å². The Labute approximate surface area is 174 Å². The molecule has 1 saturated heterocycles. The van der Waals surface area contributed by atoms with Crippen LogP contribution >= 0.6 is 23.4 Å². The van der Waals surface area contributed by atoms with Crippen LogP contribution in [0.15, 0.2) is 47.4 Å². The van der Waals surface area contributed by atoms with Crippen LogP contribution in [0, 0.1) is 10.1 Å². The second-order valence-electron chi connectivity index (χ2n) is 5.89. The maximum Gasteiger partial charge on any atom is 0.311 e. The van der Waals surface area contributed by atoms with Gasteiger partial charge in [-0.1, -0.05) is 17.7 Å². The Bertz CT molecular complexity index is 1050. The van der Waals surface area contributed by atoms with Crippen molar-refractivity contribution in [3.05, 3.63) is 73.6 Å². The summed E-state index contributed by atoms with van der Waals surface area (Å²) in [5.41, 5.74) is 0.411. The zero-order valence-corrected chi connectivity index (χ0v) is 16.5. The molecule has 2 amide bonds. The summed E-state index contributed by atoms with van der Waals surface area (Å²) in [6, 6.07) is 10.3. The van der Waals surface area contributed by atoms with Gasteiger partial charge in [0.15, 0.2) is 11.5 Å². The molecule has 0 bridgehead atoms.